The number of morpholine rings is 1. The van der Waals surface area contributed by atoms with E-state index in [1.165, 1.54) is 0 Å². The van der Waals surface area contributed by atoms with Crippen LogP contribution in [0.4, 0.5) is 0 Å². The molecule has 2 heterocycles. The van der Waals surface area contributed by atoms with E-state index in [1.807, 2.05) is 6.92 Å². The first kappa shape index (κ1) is 20.7. The molecule has 148 valence electrons. The van der Waals surface area contributed by atoms with Gasteiger partial charge in [0.05, 0.1) is 25.5 Å². The summed E-state index contributed by atoms with van der Waals surface area (Å²) in [5.74, 6) is 1.84. The van der Waals surface area contributed by atoms with Crippen LogP contribution < -0.4 is 10.6 Å². The van der Waals surface area contributed by atoms with Gasteiger partial charge in [-0.1, -0.05) is 13.8 Å². The largest absolute Gasteiger partial charge is 0.466 e. The third-order valence-electron chi connectivity index (χ3n) is 4.28. The fourth-order valence-corrected chi connectivity index (χ4v) is 3.03. The van der Waals surface area contributed by atoms with E-state index in [4.69, 9.17) is 9.15 Å². The molecule has 0 radical (unpaired) electrons. The first-order chi connectivity index (χ1) is 12.4. The lowest BCUT2D eigenvalue weighted by atomic mass is 10.0. The number of rotatable bonds is 8. The zero-order chi connectivity index (χ0) is 19.0. The highest BCUT2D eigenvalue weighted by Gasteiger charge is 2.26. The molecule has 0 bridgehead atoms. The lowest BCUT2D eigenvalue weighted by Crippen LogP contribution is -2.50. The van der Waals surface area contributed by atoms with Gasteiger partial charge in [-0.2, -0.15) is 0 Å². The molecule has 1 aromatic heterocycles. The number of hydrogen-bond donors (Lipinski definition) is 3. The lowest BCUT2D eigenvalue weighted by Gasteiger charge is -2.34. The summed E-state index contributed by atoms with van der Waals surface area (Å²) in [5.41, 5.74) is -1.14. The van der Waals surface area contributed by atoms with Crippen LogP contribution in [0.5, 0.6) is 0 Å². The van der Waals surface area contributed by atoms with E-state index < -0.39 is 5.60 Å². The topological polar surface area (TPSA) is 82.3 Å². The van der Waals surface area contributed by atoms with Gasteiger partial charge in [0, 0.05) is 32.7 Å². The molecular weight excluding hydrogens is 332 g/mol. The summed E-state index contributed by atoms with van der Waals surface area (Å²) in [5, 5.41) is 17.1. The average molecular weight is 367 g/mol. The molecule has 0 spiro atoms. The Morgan fingerprint density at radius 1 is 1.46 bits per heavy atom. The highest BCUT2D eigenvalue weighted by molar-refractivity contribution is 5.79. The Morgan fingerprint density at radius 2 is 2.27 bits per heavy atom. The first-order valence-corrected chi connectivity index (χ1v) is 9.53. The minimum absolute atomic E-state index is 0.136. The standard InChI is InChI=1S/C19H34N4O3/c1-5-20-18(22-14-19(4,24)17-7-6-9-26-17)21-11-16-13-23(8-10-25-16)12-15(2)3/h6-7,9,15-16,24H,5,8,10-14H2,1-4H3,(H2,20,21,22). The second-order valence-electron chi connectivity index (χ2n) is 7.47. The van der Waals surface area contributed by atoms with Gasteiger partial charge in [0.25, 0.3) is 0 Å². The molecule has 1 aromatic rings. The Labute approximate surface area is 156 Å². The maximum absolute atomic E-state index is 10.5. The maximum atomic E-state index is 10.5. The van der Waals surface area contributed by atoms with Gasteiger partial charge in [0.2, 0.25) is 0 Å². The average Bonchev–Trinajstić information content (AvgIpc) is 3.13. The first-order valence-electron chi connectivity index (χ1n) is 9.53. The maximum Gasteiger partial charge on any atom is 0.191 e. The summed E-state index contributed by atoms with van der Waals surface area (Å²) in [6, 6.07) is 3.52. The monoisotopic (exact) mass is 366 g/mol. The van der Waals surface area contributed by atoms with Gasteiger partial charge in [-0.15, -0.1) is 0 Å². The van der Waals surface area contributed by atoms with Crippen molar-refractivity contribution in [2.45, 2.75) is 39.4 Å². The molecular formula is C19H34N4O3. The minimum atomic E-state index is -1.14. The van der Waals surface area contributed by atoms with Gasteiger partial charge in [-0.3, -0.25) is 4.90 Å². The second kappa shape index (κ2) is 9.94. The van der Waals surface area contributed by atoms with Gasteiger partial charge in [0.1, 0.15) is 11.4 Å². The molecule has 0 aromatic carbocycles. The van der Waals surface area contributed by atoms with Gasteiger partial charge in [0.15, 0.2) is 5.96 Å². The summed E-state index contributed by atoms with van der Waals surface area (Å²) in [7, 11) is 0. The Bertz CT molecular complexity index is 543. The predicted octanol–water partition coefficient (Wildman–Crippen LogP) is 1.40. The van der Waals surface area contributed by atoms with Crippen molar-refractivity contribution in [3.05, 3.63) is 24.2 Å². The van der Waals surface area contributed by atoms with E-state index in [0.717, 1.165) is 32.8 Å². The summed E-state index contributed by atoms with van der Waals surface area (Å²) >= 11 is 0. The lowest BCUT2D eigenvalue weighted by molar-refractivity contribution is -0.0284. The fourth-order valence-electron chi connectivity index (χ4n) is 3.03. The van der Waals surface area contributed by atoms with Crippen LogP contribution in [-0.4, -0.2) is 67.9 Å². The minimum Gasteiger partial charge on any atom is -0.466 e. The van der Waals surface area contributed by atoms with E-state index in [-0.39, 0.29) is 12.6 Å². The number of furan rings is 1. The normalized spacial score (nSPS) is 21.6. The summed E-state index contributed by atoms with van der Waals surface area (Å²) in [6.07, 6.45) is 1.69. The van der Waals surface area contributed by atoms with E-state index >= 15 is 0 Å². The molecule has 1 aliphatic heterocycles. The molecule has 0 aliphatic carbocycles. The van der Waals surface area contributed by atoms with Crippen molar-refractivity contribution < 1.29 is 14.3 Å². The van der Waals surface area contributed by atoms with Crippen LogP contribution in [0.15, 0.2) is 27.8 Å². The van der Waals surface area contributed by atoms with Crippen LogP contribution in [0.25, 0.3) is 0 Å². The number of hydrogen-bond acceptors (Lipinski definition) is 5. The highest BCUT2D eigenvalue weighted by Crippen LogP contribution is 2.21. The van der Waals surface area contributed by atoms with Crippen molar-refractivity contribution in [3.63, 3.8) is 0 Å². The predicted molar refractivity (Wildman–Crippen MR) is 103 cm³/mol. The van der Waals surface area contributed by atoms with Crippen molar-refractivity contribution in [2.75, 3.05) is 45.9 Å². The fraction of sp³-hybridized carbons (Fsp3) is 0.737. The number of nitrogens with one attached hydrogen (secondary N) is 2. The zero-order valence-electron chi connectivity index (χ0n) is 16.5. The van der Waals surface area contributed by atoms with Crippen molar-refractivity contribution in [3.8, 4) is 0 Å². The van der Waals surface area contributed by atoms with Gasteiger partial charge in [-0.05, 0) is 31.9 Å². The summed E-state index contributed by atoms with van der Waals surface area (Å²) in [4.78, 5) is 6.96. The van der Waals surface area contributed by atoms with Gasteiger partial charge < -0.3 is 24.9 Å². The van der Waals surface area contributed by atoms with Gasteiger partial charge in [-0.25, -0.2) is 4.99 Å². The number of aliphatic hydroxyl groups is 1. The van der Waals surface area contributed by atoms with Crippen LogP contribution in [0.3, 0.4) is 0 Å². The number of aliphatic imine (C=N–C) groups is 1. The Balaban J connectivity index is 1.87. The van der Waals surface area contributed by atoms with Crippen molar-refractivity contribution >= 4 is 5.96 Å². The number of ether oxygens (including phenoxy) is 1. The molecule has 2 rings (SSSR count). The SMILES string of the molecule is CCNC(=NCC(C)(O)c1ccco1)NCC1CN(CC(C)C)CCO1. The molecule has 1 aliphatic rings. The summed E-state index contributed by atoms with van der Waals surface area (Å²) in [6.45, 7) is 13.6. The Kier molecular flexibility index (Phi) is 7.93. The van der Waals surface area contributed by atoms with E-state index in [1.54, 1.807) is 25.3 Å². The smallest absolute Gasteiger partial charge is 0.191 e. The molecule has 26 heavy (non-hydrogen) atoms. The molecule has 0 saturated carbocycles. The Morgan fingerprint density at radius 3 is 2.92 bits per heavy atom. The summed E-state index contributed by atoms with van der Waals surface area (Å²) < 4.78 is 11.2. The Hall–Kier alpha value is -1.57. The van der Waals surface area contributed by atoms with E-state index in [9.17, 15) is 5.11 Å². The zero-order valence-corrected chi connectivity index (χ0v) is 16.5. The number of nitrogens with zero attached hydrogens (tertiary/aromatic N) is 2. The van der Waals surface area contributed by atoms with Crippen molar-refractivity contribution in [1.82, 2.24) is 15.5 Å². The van der Waals surface area contributed by atoms with Crippen molar-refractivity contribution in [1.29, 1.82) is 0 Å². The molecule has 2 atom stereocenters. The third kappa shape index (κ3) is 6.63. The molecule has 7 nitrogen and oxygen atoms in total. The van der Waals surface area contributed by atoms with Crippen LogP contribution in [-0.2, 0) is 10.3 Å². The molecule has 7 heteroatoms. The quantitative estimate of drug-likeness (QED) is 0.477. The third-order valence-corrected chi connectivity index (χ3v) is 4.28. The second-order valence-corrected chi connectivity index (χ2v) is 7.47. The molecule has 1 saturated heterocycles. The van der Waals surface area contributed by atoms with Crippen LogP contribution in [0.1, 0.15) is 33.5 Å². The molecule has 0 amide bonds. The molecule has 1 fully saturated rings. The molecule has 3 N–H and O–H groups in total. The van der Waals surface area contributed by atoms with Crippen LogP contribution in [0, 0.1) is 5.92 Å². The van der Waals surface area contributed by atoms with E-state index in [0.29, 0.717) is 24.2 Å². The molecule has 2 unspecified atom stereocenters. The van der Waals surface area contributed by atoms with Gasteiger partial charge >= 0.3 is 0 Å². The van der Waals surface area contributed by atoms with Crippen LogP contribution >= 0.6 is 0 Å². The van der Waals surface area contributed by atoms with Crippen LogP contribution in [0.2, 0.25) is 0 Å². The number of guanidine groups is 1. The van der Waals surface area contributed by atoms with E-state index in [2.05, 4.69) is 34.4 Å². The van der Waals surface area contributed by atoms with Crippen molar-refractivity contribution in [2.24, 2.45) is 10.9 Å². The highest BCUT2D eigenvalue weighted by atomic mass is 16.5.